The average molecular weight is 327 g/mol. The van der Waals surface area contributed by atoms with E-state index in [1.807, 2.05) is 30.3 Å². The molecule has 3 rings (SSSR count). The van der Waals surface area contributed by atoms with Crippen molar-refractivity contribution in [3.63, 3.8) is 0 Å². The fourth-order valence-electron chi connectivity index (χ4n) is 2.19. The molecule has 0 spiro atoms. The number of nitrogens with zero attached hydrogens (tertiary/aromatic N) is 1. The maximum atomic E-state index is 11.9. The zero-order valence-electron chi connectivity index (χ0n) is 13.2. The van der Waals surface area contributed by atoms with Crippen molar-refractivity contribution >= 4 is 5.97 Å². The zero-order valence-corrected chi connectivity index (χ0v) is 13.2. The fourth-order valence-corrected chi connectivity index (χ4v) is 2.19. The molecule has 2 heterocycles. The SMILES string of the molecule is CCOC(=O)c1cccnc1OC1=COC(Cc2ccccc2)O1. The highest BCUT2D eigenvalue weighted by molar-refractivity contribution is 5.91. The van der Waals surface area contributed by atoms with Gasteiger partial charge in [0.15, 0.2) is 6.26 Å². The van der Waals surface area contributed by atoms with E-state index in [-0.39, 0.29) is 24.0 Å². The Morgan fingerprint density at radius 2 is 2.04 bits per heavy atom. The summed E-state index contributed by atoms with van der Waals surface area (Å²) >= 11 is 0. The zero-order chi connectivity index (χ0) is 16.8. The van der Waals surface area contributed by atoms with E-state index >= 15 is 0 Å². The van der Waals surface area contributed by atoms with E-state index in [1.165, 1.54) is 12.5 Å². The van der Waals surface area contributed by atoms with Crippen molar-refractivity contribution in [2.45, 2.75) is 19.6 Å². The number of hydrogen-bond donors (Lipinski definition) is 0. The minimum absolute atomic E-state index is 0.117. The first-order valence-electron chi connectivity index (χ1n) is 7.62. The monoisotopic (exact) mass is 327 g/mol. The number of carbonyl (C=O) groups is 1. The predicted octanol–water partition coefficient (Wildman–Crippen LogP) is 3.05. The summed E-state index contributed by atoms with van der Waals surface area (Å²) in [4.78, 5) is 16.0. The Morgan fingerprint density at radius 1 is 1.21 bits per heavy atom. The van der Waals surface area contributed by atoms with Crippen molar-refractivity contribution in [1.29, 1.82) is 0 Å². The lowest BCUT2D eigenvalue weighted by Gasteiger charge is -2.12. The molecule has 6 nitrogen and oxygen atoms in total. The summed E-state index contributed by atoms with van der Waals surface area (Å²) < 4.78 is 21.6. The van der Waals surface area contributed by atoms with Gasteiger partial charge in [0, 0.05) is 12.6 Å². The van der Waals surface area contributed by atoms with Crippen LogP contribution < -0.4 is 4.74 Å². The highest BCUT2D eigenvalue weighted by atomic mass is 16.8. The second-order valence-corrected chi connectivity index (χ2v) is 4.99. The van der Waals surface area contributed by atoms with Crippen LogP contribution in [0.2, 0.25) is 0 Å². The van der Waals surface area contributed by atoms with Crippen LogP contribution in [-0.2, 0) is 20.6 Å². The van der Waals surface area contributed by atoms with E-state index in [2.05, 4.69) is 4.98 Å². The van der Waals surface area contributed by atoms with Crippen LogP contribution in [0.5, 0.6) is 5.88 Å². The summed E-state index contributed by atoms with van der Waals surface area (Å²) in [6, 6.07) is 13.1. The van der Waals surface area contributed by atoms with Crippen molar-refractivity contribution in [1.82, 2.24) is 4.98 Å². The van der Waals surface area contributed by atoms with Crippen molar-refractivity contribution in [2.75, 3.05) is 6.61 Å². The molecule has 0 fully saturated rings. The summed E-state index contributed by atoms with van der Waals surface area (Å²) in [5, 5.41) is 0. The van der Waals surface area contributed by atoms with Gasteiger partial charge < -0.3 is 18.9 Å². The molecule has 1 aromatic carbocycles. The first-order chi connectivity index (χ1) is 11.8. The van der Waals surface area contributed by atoms with Gasteiger partial charge in [-0.3, -0.25) is 0 Å². The van der Waals surface area contributed by atoms with Crippen LogP contribution in [-0.4, -0.2) is 23.9 Å². The van der Waals surface area contributed by atoms with E-state index < -0.39 is 12.3 Å². The first kappa shape index (κ1) is 15.9. The molecule has 1 aliphatic heterocycles. The van der Waals surface area contributed by atoms with E-state index in [9.17, 15) is 4.79 Å². The number of ether oxygens (including phenoxy) is 4. The van der Waals surface area contributed by atoms with Crippen LogP contribution >= 0.6 is 0 Å². The van der Waals surface area contributed by atoms with E-state index in [4.69, 9.17) is 18.9 Å². The molecule has 2 aromatic rings. The van der Waals surface area contributed by atoms with Crippen LogP contribution in [0.4, 0.5) is 0 Å². The van der Waals surface area contributed by atoms with Crippen LogP contribution in [0.3, 0.4) is 0 Å². The minimum atomic E-state index is -0.499. The molecule has 0 aliphatic carbocycles. The van der Waals surface area contributed by atoms with Crippen LogP contribution in [0.15, 0.2) is 60.9 Å². The maximum Gasteiger partial charge on any atom is 0.343 e. The van der Waals surface area contributed by atoms with E-state index in [0.29, 0.717) is 6.42 Å². The van der Waals surface area contributed by atoms with Gasteiger partial charge in [0.2, 0.25) is 12.2 Å². The second-order valence-electron chi connectivity index (χ2n) is 4.99. The molecule has 0 bridgehead atoms. The van der Waals surface area contributed by atoms with Crippen LogP contribution in [0, 0.1) is 0 Å². The lowest BCUT2D eigenvalue weighted by atomic mass is 10.1. The Kier molecular flexibility index (Phi) is 4.96. The Bertz CT molecular complexity index is 729. The molecule has 124 valence electrons. The van der Waals surface area contributed by atoms with Crippen molar-refractivity contribution < 1.29 is 23.7 Å². The van der Waals surface area contributed by atoms with E-state index in [0.717, 1.165) is 5.56 Å². The standard InChI is InChI=1S/C18H17NO5/c1-2-21-18(20)14-9-6-10-19-17(14)24-16-12-22-15(23-16)11-13-7-4-3-5-8-13/h3-10,12,15H,2,11H2,1H3. The van der Waals surface area contributed by atoms with E-state index in [1.54, 1.807) is 19.1 Å². The van der Waals surface area contributed by atoms with Crippen molar-refractivity contribution in [3.8, 4) is 5.88 Å². The van der Waals surface area contributed by atoms with Gasteiger partial charge in [0.05, 0.1) is 6.61 Å². The molecular formula is C18H17NO5. The summed E-state index contributed by atoms with van der Waals surface area (Å²) in [5.41, 5.74) is 1.32. The molecule has 0 saturated carbocycles. The van der Waals surface area contributed by atoms with Crippen molar-refractivity contribution in [2.24, 2.45) is 0 Å². The van der Waals surface area contributed by atoms with Crippen LogP contribution in [0.25, 0.3) is 0 Å². The molecule has 0 radical (unpaired) electrons. The van der Waals surface area contributed by atoms with Crippen molar-refractivity contribution in [3.05, 3.63) is 72.0 Å². The highest BCUT2D eigenvalue weighted by Crippen LogP contribution is 2.23. The third-order valence-corrected chi connectivity index (χ3v) is 3.27. The Hall–Kier alpha value is -3.02. The Labute approximate surface area is 139 Å². The number of rotatable bonds is 6. The molecule has 24 heavy (non-hydrogen) atoms. The average Bonchev–Trinajstić information content (AvgIpc) is 3.03. The maximum absolute atomic E-state index is 11.9. The van der Waals surface area contributed by atoms with Gasteiger partial charge in [-0.05, 0) is 24.6 Å². The Balaban J connectivity index is 1.63. The number of hydrogen-bond acceptors (Lipinski definition) is 6. The summed E-state index contributed by atoms with van der Waals surface area (Å²) in [6.07, 6.45) is 3.00. The number of pyridine rings is 1. The quantitative estimate of drug-likeness (QED) is 0.760. The molecule has 1 unspecified atom stereocenters. The van der Waals surface area contributed by atoms with Crippen LogP contribution in [0.1, 0.15) is 22.8 Å². The number of carbonyl (C=O) groups excluding carboxylic acids is 1. The Morgan fingerprint density at radius 3 is 2.83 bits per heavy atom. The van der Waals surface area contributed by atoms with Gasteiger partial charge in [-0.25, -0.2) is 9.78 Å². The summed E-state index contributed by atoms with van der Waals surface area (Å²) in [5.74, 6) is -0.229. The fraction of sp³-hybridized carbons (Fsp3) is 0.222. The molecule has 0 N–H and O–H groups in total. The smallest absolute Gasteiger partial charge is 0.343 e. The molecule has 1 aromatic heterocycles. The minimum Gasteiger partial charge on any atom is -0.462 e. The lowest BCUT2D eigenvalue weighted by molar-refractivity contribution is -0.0525. The highest BCUT2D eigenvalue weighted by Gasteiger charge is 2.24. The normalized spacial score (nSPS) is 15.9. The molecule has 1 atom stereocenters. The number of aromatic nitrogens is 1. The first-order valence-corrected chi connectivity index (χ1v) is 7.62. The number of esters is 1. The molecule has 6 heteroatoms. The van der Waals surface area contributed by atoms with Gasteiger partial charge in [0.25, 0.3) is 0 Å². The third-order valence-electron chi connectivity index (χ3n) is 3.27. The molecule has 0 amide bonds. The topological polar surface area (TPSA) is 66.9 Å². The van der Waals surface area contributed by atoms with Gasteiger partial charge in [-0.2, -0.15) is 0 Å². The predicted molar refractivity (Wildman–Crippen MR) is 85.0 cm³/mol. The van der Waals surface area contributed by atoms with Gasteiger partial charge >= 0.3 is 11.9 Å². The molecule has 1 aliphatic rings. The molecular weight excluding hydrogens is 310 g/mol. The largest absolute Gasteiger partial charge is 0.462 e. The molecule has 0 saturated heterocycles. The van der Waals surface area contributed by atoms with Gasteiger partial charge in [0.1, 0.15) is 5.56 Å². The summed E-state index contributed by atoms with van der Waals surface area (Å²) in [7, 11) is 0. The number of benzene rings is 1. The summed E-state index contributed by atoms with van der Waals surface area (Å²) in [6.45, 7) is 2.01. The van der Waals surface area contributed by atoms with Gasteiger partial charge in [-0.1, -0.05) is 30.3 Å². The van der Waals surface area contributed by atoms with Gasteiger partial charge in [-0.15, -0.1) is 0 Å². The second kappa shape index (κ2) is 7.50. The third kappa shape index (κ3) is 3.84. The lowest BCUT2D eigenvalue weighted by Crippen LogP contribution is -2.14.